The lowest BCUT2D eigenvalue weighted by atomic mass is 10.0. The molecule has 1 saturated carbocycles. The van der Waals surface area contributed by atoms with Gasteiger partial charge in [-0.15, -0.1) is 0 Å². The van der Waals surface area contributed by atoms with Crippen LogP contribution in [-0.2, 0) is 9.59 Å². The zero-order valence-electron chi connectivity index (χ0n) is 10.3. The lowest BCUT2D eigenvalue weighted by Gasteiger charge is -2.36. The SMILES string of the molecule is CN(C(=O)CO)C1CCN(C(=O)C2CC2)CC1. The van der Waals surface area contributed by atoms with Gasteiger partial charge in [-0.3, -0.25) is 9.59 Å². The summed E-state index contributed by atoms with van der Waals surface area (Å²) in [6.45, 7) is 1.05. The van der Waals surface area contributed by atoms with Crippen LogP contribution < -0.4 is 0 Å². The Hall–Kier alpha value is -1.10. The summed E-state index contributed by atoms with van der Waals surface area (Å²) in [6, 6.07) is 0.165. The summed E-state index contributed by atoms with van der Waals surface area (Å²) in [5.74, 6) is 0.333. The molecule has 0 aromatic rings. The monoisotopic (exact) mass is 240 g/mol. The number of rotatable bonds is 3. The molecule has 5 heteroatoms. The number of aliphatic hydroxyl groups excluding tert-OH is 1. The number of piperidine rings is 1. The zero-order chi connectivity index (χ0) is 12.4. The van der Waals surface area contributed by atoms with Gasteiger partial charge in [-0.25, -0.2) is 0 Å². The minimum atomic E-state index is -0.433. The fraction of sp³-hybridized carbons (Fsp3) is 0.833. The van der Waals surface area contributed by atoms with Crippen molar-refractivity contribution in [2.45, 2.75) is 31.7 Å². The first-order chi connectivity index (χ1) is 8.13. The van der Waals surface area contributed by atoms with Crippen molar-refractivity contribution in [2.75, 3.05) is 26.7 Å². The fourth-order valence-corrected chi connectivity index (χ4v) is 2.38. The van der Waals surface area contributed by atoms with E-state index in [1.165, 1.54) is 0 Å². The molecule has 0 aromatic heterocycles. The minimum Gasteiger partial charge on any atom is -0.387 e. The van der Waals surface area contributed by atoms with Crippen LogP contribution >= 0.6 is 0 Å². The molecular formula is C12H20N2O3. The van der Waals surface area contributed by atoms with Crippen LogP contribution in [0.4, 0.5) is 0 Å². The number of likely N-dealkylation sites (N-methyl/N-ethyl adjacent to an activating group) is 1. The van der Waals surface area contributed by atoms with Crippen LogP contribution in [-0.4, -0.2) is 59.5 Å². The van der Waals surface area contributed by atoms with Crippen molar-refractivity contribution in [3.63, 3.8) is 0 Å². The first-order valence-corrected chi connectivity index (χ1v) is 6.28. The Morgan fingerprint density at radius 3 is 2.29 bits per heavy atom. The first kappa shape index (κ1) is 12.4. The van der Waals surface area contributed by atoms with E-state index in [0.29, 0.717) is 5.91 Å². The molecule has 1 aliphatic heterocycles. The number of amides is 2. The average molecular weight is 240 g/mol. The summed E-state index contributed by atoms with van der Waals surface area (Å²) in [6.07, 6.45) is 3.73. The second kappa shape index (κ2) is 5.04. The topological polar surface area (TPSA) is 60.9 Å². The molecule has 2 rings (SSSR count). The summed E-state index contributed by atoms with van der Waals surface area (Å²) in [4.78, 5) is 26.7. The highest BCUT2D eigenvalue weighted by Gasteiger charge is 2.35. The van der Waals surface area contributed by atoms with Gasteiger partial charge in [-0.05, 0) is 25.7 Å². The highest BCUT2D eigenvalue weighted by atomic mass is 16.3. The van der Waals surface area contributed by atoms with E-state index in [-0.39, 0.29) is 17.9 Å². The standard InChI is InChI=1S/C12H20N2O3/c1-13(11(16)8-15)10-4-6-14(7-5-10)12(17)9-2-3-9/h9-10,15H,2-8H2,1H3. The van der Waals surface area contributed by atoms with Crippen molar-refractivity contribution in [1.82, 2.24) is 9.80 Å². The van der Waals surface area contributed by atoms with Crippen molar-refractivity contribution in [3.8, 4) is 0 Å². The maximum absolute atomic E-state index is 11.8. The summed E-state index contributed by atoms with van der Waals surface area (Å²) >= 11 is 0. The van der Waals surface area contributed by atoms with Gasteiger partial charge < -0.3 is 14.9 Å². The smallest absolute Gasteiger partial charge is 0.248 e. The van der Waals surface area contributed by atoms with Crippen LogP contribution in [0.1, 0.15) is 25.7 Å². The molecule has 0 spiro atoms. The maximum Gasteiger partial charge on any atom is 0.248 e. The van der Waals surface area contributed by atoms with Gasteiger partial charge in [0.2, 0.25) is 11.8 Å². The molecule has 96 valence electrons. The first-order valence-electron chi connectivity index (χ1n) is 6.28. The Balaban J connectivity index is 1.81. The van der Waals surface area contributed by atoms with Gasteiger partial charge in [-0.2, -0.15) is 0 Å². The predicted molar refractivity (Wildman–Crippen MR) is 62.2 cm³/mol. The van der Waals surface area contributed by atoms with E-state index in [1.807, 2.05) is 4.90 Å². The Morgan fingerprint density at radius 1 is 1.24 bits per heavy atom. The average Bonchev–Trinajstić information content (AvgIpc) is 3.20. The summed E-state index contributed by atoms with van der Waals surface area (Å²) in [5.41, 5.74) is 0. The Labute approximate surface area is 101 Å². The third-order valence-corrected chi connectivity index (χ3v) is 3.78. The fourth-order valence-electron chi connectivity index (χ4n) is 2.38. The van der Waals surface area contributed by atoms with Crippen LogP contribution in [0, 0.1) is 5.92 Å². The summed E-state index contributed by atoms with van der Waals surface area (Å²) in [5, 5.41) is 8.80. The van der Waals surface area contributed by atoms with Crippen LogP contribution in [0.2, 0.25) is 0 Å². The van der Waals surface area contributed by atoms with E-state index in [0.717, 1.165) is 38.8 Å². The molecule has 1 aliphatic carbocycles. The summed E-state index contributed by atoms with van der Waals surface area (Å²) in [7, 11) is 1.72. The third kappa shape index (κ3) is 2.77. The van der Waals surface area contributed by atoms with Gasteiger partial charge in [-0.1, -0.05) is 0 Å². The molecule has 2 aliphatic rings. The van der Waals surface area contributed by atoms with E-state index in [9.17, 15) is 9.59 Å². The van der Waals surface area contributed by atoms with Gasteiger partial charge >= 0.3 is 0 Å². The van der Waals surface area contributed by atoms with Gasteiger partial charge in [0, 0.05) is 32.1 Å². The number of nitrogens with zero attached hydrogens (tertiary/aromatic N) is 2. The van der Waals surface area contributed by atoms with Crippen molar-refractivity contribution >= 4 is 11.8 Å². The van der Waals surface area contributed by atoms with E-state index in [1.54, 1.807) is 11.9 Å². The van der Waals surface area contributed by atoms with Gasteiger partial charge in [0.1, 0.15) is 6.61 Å². The molecule has 0 bridgehead atoms. The second-order valence-electron chi connectivity index (χ2n) is 4.99. The highest BCUT2D eigenvalue weighted by molar-refractivity contribution is 5.81. The molecule has 17 heavy (non-hydrogen) atoms. The van der Waals surface area contributed by atoms with E-state index in [2.05, 4.69) is 0 Å². The van der Waals surface area contributed by atoms with Crippen molar-refractivity contribution < 1.29 is 14.7 Å². The molecule has 5 nitrogen and oxygen atoms in total. The summed E-state index contributed by atoms with van der Waals surface area (Å²) < 4.78 is 0. The number of carbonyl (C=O) groups excluding carboxylic acids is 2. The number of aliphatic hydroxyl groups is 1. The molecule has 2 amide bonds. The molecule has 0 atom stereocenters. The molecule has 1 N–H and O–H groups in total. The molecule has 1 heterocycles. The maximum atomic E-state index is 11.8. The number of carbonyl (C=O) groups is 2. The quantitative estimate of drug-likeness (QED) is 0.745. The van der Waals surface area contributed by atoms with Crippen LogP contribution in [0.25, 0.3) is 0 Å². The predicted octanol–water partition coefficient (Wildman–Crippen LogP) is -0.162. The second-order valence-corrected chi connectivity index (χ2v) is 4.99. The number of hydrogen-bond donors (Lipinski definition) is 1. The Bertz CT molecular complexity index is 307. The molecule has 0 unspecified atom stereocenters. The van der Waals surface area contributed by atoms with Crippen molar-refractivity contribution in [3.05, 3.63) is 0 Å². The van der Waals surface area contributed by atoms with Gasteiger partial charge in [0.15, 0.2) is 0 Å². The molecule has 2 fully saturated rings. The van der Waals surface area contributed by atoms with Crippen molar-refractivity contribution in [2.24, 2.45) is 5.92 Å². The van der Waals surface area contributed by atoms with Crippen LogP contribution in [0.3, 0.4) is 0 Å². The van der Waals surface area contributed by atoms with E-state index < -0.39 is 6.61 Å². The Kier molecular flexibility index (Phi) is 3.66. The van der Waals surface area contributed by atoms with E-state index >= 15 is 0 Å². The lowest BCUT2D eigenvalue weighted by Crippen LogP contribution is -2.48. The number of hydrogen-bond acceptors (Lipinski definition) is 3. The largest absolute Gasteiger partial charge is 0.387 e. The molecule has 0 radical (unpaired) electrons. The van der Waals surface area contributed by atoms with Crippen LogP contribution in [0.15, 0.2) is 0 Å². The lowest BCUT2D eigenvalue weighted by molar-refractivity contribution is -0.138. The van der Waals surface area contributed by atoms with Crippen molar-refractivity contribution in [1.29, 1.82) is 0 Å². The highest BCUT2D eigenvalue weighted by Crippen LogP contribution is 2.32. The molecule has 1 saturated heterocycles. The van der Waals surface area contributed by atoms with Gasteiger partial charge in [0.25, 0.3) is 0 Å². The normalized spacial score (nSPS) is 21.4. The van der Waals surface area contributed by atoms with Crippen LogP contribution in [0.5, 0.6) is 0 Å². The van der Waals surface area contributed by atoms with Gasteiger partial charge in [0.05, 0.1) is 0 Å². The molecule has 0 aromatic carbocycles. The number of likely N-dealkylation sites (tertiary alicyclic amines) is 1. The molecular weight excluding hydrogens is 220 g/mol. The minimum absolute atomic E-state index is 0.165. The Morgan fingerprint density at radius 2 is 1.82 bits per heavy atom. The third-order valence-electron chi connectivity index (χ3n) is 3.78. The van der Waals surface area contributed by atoms with E-state index in [4.69, 9.17) is 5.11 Å². The zero-order valence-corrected chi connectivity index (χ0v) is 10.3.